The van der Waals surface area contributed by atoms with Crippen molar-refractivity contribution in [2.24, 2.45) is 5.92 Å². The lowest BCUT2D eigenvalue weighted by atomic mass is 9.92. The van der Waals surface area contributed by atoms with Crippen LogP contribution in [-0.2, 0) is 4.79 Å². The van der Waals surface area contributed by atoms with Crippen molar-refractivity contribution in [1.29, 1.82) is 0 Å². The Bertz CT molecular complexity index is 712. The number of aromatic nitrogens is 2. The van der Waals surface area contributed by atoms with E-state index in [0.717, 1.165) is 41.1 Å². The summed E-state index contributed by atoms with van der Waals surface area (Å²) < 4.78 is 2.76. The van der Waals surface area contributed by atoms with Crippen LogP contribution in [0.3, 0.4) is 0 Å². The van der Waals surface area contributed by atoms with Crippen LogP contribution in [0.1, 0.15) is 25.5 Å². The van der Waals surface area contributed by atoms with Crippen molar-refractivity contribution in [2.75, 3.05) is 11.9 Å². The van der Waals surface area contributed by atoms with Gasteiger partial charge in [0, 0.05) is 22.5 Å². The van der Waals surface area contributed by atoms with Gasteiger partial charge in [-0.05, 0) is 51.4 Å². The van der Waals surface area contributed by atoms with Crippen molar-refractivity contribution in [3.8, 4) is 5.69 Å². The lowest BCUT2D eigenvalue weighted by Gasteiger charge is -2.27. The first kappa shape index (κ1) is 16.2. The zero-order valence-electron chi connectivity index (χ0n) is 13.3. The van der Waals surface area contributed by atoms with E-state index in [1.807, 2.05) is 37.3 Å². The number of rotatable bonds is 3. The van der Waals surface area contributed by atoms with Crippen LogP contribution in [0.2, 0.25) is 0 Å². The number of hydrogen-bond donors (Lipinski definition) is 2. The predicted octanol–water partition coefficient (Wildman–Crippen LogP) is 3.27. The number of carbonyl (C=O) groups is 1. The van der Waals surface area contributed by atoms with E-state index in [-0.39, 0.29) is 11.8 Å². The van der Waals surface area contributed by atoms with Gasteiger partial charge in [-0.15, -0.1) is 0 Å². The number of nitrogens with zero attached hydrogens (tertiary/aromatic N) is 2. The van der Waals surface area contributed by atoms with Gasteiger partial charge in [0.15, 0.2) is 0 Å². The van der Waals surface area contributed by atoms with Crippen LogP contribution < -0.4 is 10.6 Å². The highest BCUT2D eigenvalue weighted by atomic mass is 79.9. The number of amides is 1. The number of anilines is 1. The number of aryl methyl sites for hydroxylation is 1. The average Bonchev–Trinajstić information content (AvgIpc) is 2.88. The van der Waals surface area contributed by atoms with Gasteiger partial charge in [0.05, 0.1) is 11.4 Å². The number of piperidine rings is 1. The minimum atomic E-state index is 0.0532. The molecule has 2 aromatic rings. The van der Waals surface area contributed by atoms with E-state index >= 15 is 0 Å². The number of carbonyl (C=O) groups excluding carboxylic acids is 1. The zero-order valence-corrected chi connectivity index (χ0v) is 14.9. The highest BCUT2D eigenvalue weighted by Crippen LogP contribution is 2.23. The van der Waals surface area contributed by atoms with E-state index in [1.54, 1.807) is 4.68 Å². The fraction of sp³-hybridized carbons (Fsp3) is 0.412. The summed E-state index contributed by atoms with van der Waals surface area (Å²) in [4.78, 5) is 12.6. The van der Waals surface area contributed by atoms with Gasteiger partial charge in [0.25, 0.3) is 0 Å². The van der Waals surface area contributed by atoms with Crippen molar-refractivity contribution in [1.82, 2.24) is 15.1 Å². The molecule has 3 rings (SSSR count). The average molecular weight is 377 g/mol. The SMILES string of the molecule is Cc1cc(NC(=O)[C@H]2CCN[C@@H](C)C2)n(-c2cccc(Br)c2)n1. The van der Waals surface area contributed by atoms with Crippen LogP contribution >= 0.6 is 15.9 Å². The molecule has 2 heterocycles. The summed E-state index contributed by atoms with van der Waals surface area (Å²) >= 11 is 3.48. The Morgan fingerprint density at radius 3 is 3.00 bits per heavy atom. The Kier molecular flexibility index (Phi) is 4.82. The standard InChI is InChI=1S/C17H21BrN4O/c1-11-8-13(6-7-19-11)17(23)20-16-9-12(2)21-22(16)15-5-3-4-14(18)10-15/h3-5,9-11,13,19H,6-8H2,1-2H3,(H,20,23)/t11-,13-/m0/s1. The van der Waals surface area contributed by atoms with E-state index < -0.39 is 0 Å². The molecule has 0 saturated carbocycles. The Morgan fingerprint density at radius 2 is 2.26 bits per heavy atom. The smallest absolute Gasteiger partial charge is 0.228 e. The number of hydrogen-bond acceptors (Lipinski definition) is 3. The Labute approximate surface area is 144 Å². The Balaban J connectivity index is 1.82. The summed E-state index contributed by atoms with van der Waals surface area (Å²) in [6.07, 6.45) is 1.75. The molecule has 2 atom stereocenters. The quantitative estimate of drug-likeness (QED) is 0.863. The van der Waals surface area contributed by atoms with Gasteiger partial charge in [-0.3, -0.25) is 4.79 Å². The third-order valence-corrected chi connectivity index (χ3v) is 4.62. The molecule has 1 aromatic carbocycles. The molecule has 0 aliphatic carbocycles. The topological polar surface area (TPSA) is 59.0 Å². The monoisotopic (exact) mass is 376 g/mol. The molecule has 0 radical (unpaired) electrons. The van der Waals surface area contributed by atoms with Crippen LogP contribution in [0.15, 0.2) is 34.8 Å². The Morgan fingerprint density at radius 1 is 1.43 bits per heavy atom. The third kappa shape index (κ3) is 3.82. The minimum Gasteiger partial charge on any atom is -0.314 e. The van der Waals surface area contributed by atoms with Crippen molar-refractivity contribution in [2.45, 2.75) is 32.7 Å². The molecule has 1 fully saturated rings. The number of halogens is 1. The van der Waals surface area contributed by atoms with Crippen LogP contribution in [0.25, 0.3) is 5.69 Å². The molecule has 6 heteroatoms. The molecular weight excluding hydrogens is 356 g/mol. The highest BCUT2D eigenvalue weighted by molar-refractivity contribution is 9.10. The second kappa shape index (κ2) is 6.84. The van der Waals surface area contributed by atoms with Crippen LogP contribution in [0, 0.1) is 12.8 Å². The van der Waals surface area contributed by atoms with Gasteiger partial charge in [0.2, 0.25) is 5.91 Å². The normalized spacial score (nSPS) is 21.2. The van der Waals surface area contributed by atoms with Crippen molar-refractivity contribution < 1.29 is 4.79 Å². The molecule has 1 aliphatic heterocycles. The first-order valence-corrected chi connectivity index (χ1v) is 8.69. The first-order valence-electron chi connectivity index (χ1n) is 7.90. The molecule has 0 spiro atoms. The first-order chi connectivity index (χ1) is 11.0. The maximum Gasteiger partial charge on any atom is 0.228 e. The van der Waals surface area contributed by atoms with Crippen molar-refractivity contribution in [3.63, 3.8) is 0 Å². The van der Waals surface area contributed by atoms with E-state index in [4.69, 9.17) is 0 Å². The molecule has 0 bridgehead atoms. The third-order valence-electron chi connectivity index (χ3n) is 4.13. The van der Waals surface area contributed by atoms with Gasteiger partial charge in [-0.1, -0.05) is 22.0 Å². The summed E-state index contributed by atoms with van der Waals surface area (Å²) in [5.41, 5.74) is 1.79. The number of nitrogens with one attached hydrogen (secondary N) is 2. The molecule has 1 amide bonds. The number of benzene rings is 1. The Hall–Kier alpha value is -1.66. The summed E-state index contributed by atoms with van der Waals surface area (Å²) in [7, 11) is 0. The molecule has 0 unspecified atom stereocenters. The van der Waals surface area contributed by atoms with Gasteiger partial charge in [-0.2, -0.15) is 5.10 Å². The second-order valence-electron chi connectivity index (χ2n) is 6.13. The van der Waals surface area contributed by atoms with Gasteiger partial charge < -0.3 is 10.6 Å². The predicted molar refractivity (Wildman–Crippen MR) is 94.8 cm³/mol. The maximum atomic E-state index is 12.6. The van der Waals surface area contributed by atoms with Crippen molar-refractivity contribution >= 4 is 27.7 Å². The van der Waals surface area contributed by atoms with E-state index in [0.29, 0.717) is 6.04 Å². The lowest BCUT2D eigenvalue weighted by molar-refractivity contribution is -0.120. The highest BCUT2D eigenvalue weighted by Gasteiger charge is 2.25. The lowest BCUT2D eigenvalue weighted by Crippen LogP contribution is -2.40. The van der Waals surface area contributed by atoms with Crippen LogP contribution in [0.5, 0.6) is 0 Å². The molecular formula is C17H21BrN4O. The minimum absolute atomic E-state index is 0.0532. The molecule has 1 aliphatic rings. The molecule has 1 aromatic heterocycles. The molecule has 5 nitrogen and oxygen atoms in total. The van der Waals surface area contributed by atoms with E-state index in [9.17, 15) is 4.79 Å². The van der Waals surface area contributed by atoms with Gasteiger partial charge in [-0.25, -0.2) is 4.68 Å². The van der Waals surface area contributed by atoms with E-state index in [1.165, 1.54) is 0 Å². The summed E-state index contributed by atoms with van der Waals surface area (Å²) in [5, 5.41) is 10.9. The maximum absolute atomic E-state index is 12.6. The largest absolute Gasteiger partial charge is 0.314 e. The zero-order chi connectivity index (χ0) is 16.4. The second-order valence-corrected chi connectivity index (χ2v) is 7.04. The summed E-state index contributed by atoms with van der Waals surface area (Å²) in [5.74, 6) is 0.851. The van der Waals surface area contributed by atoms with Crippen molar-refractivity contribution in [3.05, 3.63) is 40.5 Å². The summed E-state index contributed by atoms with van der Waals surface area (Å²) in [6, 6.07) is 10.2. The van der Waals surface area contributed by atoms with E-state index in [2.05, 4.69) is 38.6 Å². The molecule has 2 N–H and O–H groups in total. The van der Waals surface area contributed by atoms with Crippen LogP contribution in [0.4, 0.5) is 5.82 Å². The van der Waals surface area contributed by atoms with Gasteiger partial charge in [0.1, 0.15) is 5.82 Å². The molecule has 1 saturated heterocycles. The summed E-state index contributed by atoms with van der Waals surface area (Å²) in [6.45, 7) is 4.94. The fourth-order valence-electron chi connectivity index (χ4n) is 2.99. The van der Waals surface area contributed by atoms with Crippen LogP contribution in [-0.4, -0.2) is 28.3 Å². The fourth-order valence-corrected chi connectivity index (χ4v) is 3.38. The molecule has 122 valence electrons. The molecule has 23 heavy (non-hydrogen) atoms. The van der Waals surface area contributed by atoms with Gasteiger partial charge >= 0.3 is 0 Å².